The number of carbonyl (C=O) groups excluding carboxylic acids is 1. The first-order valence-electron chi connectivity index (χ1n) is 3.87. The molecular formula is C7H15N3O2. The van der Waals surface area contributed by atoms with Crippen molar-refractivity contribution in [2.45, 2.75) is 38.7 Å². The third-order valence-electron chi connectivity index (χ3n) is 1.82. The number of hydrogen-bond donors (Lipinski definition) is 3. The number of amides is 2. The van der Waals surface area contributed by atoms with Gasteiger partial charge in [0.2, 0.25) is 0 Å². The Morgan fingerprint density at radius 1 is 1.58 bits per heavy atom. The predicted molar refractivity (Wildman–Crippen MR) is 44.1 cm³/mol. The molecule has 1 fully saturated rings. The average molecular weight is 173 g/mol. The molecule has 1 rings (SSSR count). The summed E-state index contributed by atoms with van der Waals surface area (Å²) in [5.41, 5.74) is 5.03. The van der Waals surface area contributed by atoms with E-state index in [2.05, 4.69) is 5.32 Å². The Balaban J connectivity index is 2.84. The van der Waals surface area contributed by atoms with Crippen LogP contribution < -0.4 is 11.1 Å². The van der Waals surface area contributed by atoms with Gasteiger partial charge in [-0.05, 0) is 20.8 Å². The molecule has 0 aromatic rings. The van der Waals surface area contributed by atoms with Gasteiger partial charge < -0.3 is 16.2 Å². The molecule has 0 aromatic heterocycles. The first-order chi connectivity index (χ1) is 5.34. The van der Waals surface area contributed by atoms with Crippen LogP contribution in [0.2, 0.25) is 0 Å². The van der Waals surface area contributed by atoms with Crippen LogP contribution >= 0.6 is 0 Å². The number of carbonyl (C=O) groups is 1. The summed E-state index contributed by atoms with van der Waals surface area (Å²) < 4.78 is 0. The van der Waals surface area contributed by atoms with Crippen LogP contribution in [0.25, 0.3) is 0 Å². The van der Waals surface area contributed by atoms with Crippen LogP contribution in [0.15, 0.2) is 0 Å². The largest absolute Gasteiger partial charge is 0.370 e. The van der Waals surface area contributed by atoms with E-state index in [0.29, 0.717) is 0 Å². The lowest BCUT2D eigenvalue weighted by Gasteiger charge is -2.33. The lowest BCUT2D eigenvalue weighted by molar-refractivity contribution is -0.00352. The van der Waals surface area contributed by atoms with Crippen LogP contribution in [0.3, 0.4) is 0 Å². The van der Waals surface area contributed by atoms with Gasteiger partial charge in [-0.2, -0.15) is 0 Å². The highest BCUT2D eigenvalue weighted by molar-refractivity contribution is 5.77. The highest BCUT2D eigenvalue weighted by Crippen LogP contribution is 2.20. The number of nitrogens with zero attached hydrogens (tertiary/aromatic N) is 1. The van der Waals surface area contributed by atoms with Crippen LogP contribution in [-0.4, -0.2) is 34.0 Å². The molecule has 1 heterocycles. The van der Waals surface area contributed by atoms with Gasteiger partial charge in [0.05, 0.1) is 0 Å². The zero-order chi connectivity index (χ0) is 9.52. The summed E-state index contributed by atoms with van der Waals surface area (Å²) in [6.45, 7) is 5.52. The lowest BCUT2D eigenvalue weighted by Crippen LogP contribution is -2.49. The fraction of sp³-hybridized carbons (Fsp3) is 0.857. The van der Waals surface area contributed by atoms with E-state index in [0.717, 1.165) is 0 Å². The summed E-state index contributed by atoms with van der Waals surface area (Å²) >= 11 is 0. The molecular weight excluding hydrogens is 158 g/mol. The SMILES string of the molecule is CC(C)(C)N1C(=O)NC(N)C1O. The third kappa shape index (κ3) is 1.37. The summed E-state index contributed by atoms with van der Waals surface area (Å²) in [6.07, 6.45) is -1.62. The molecule has 2 unspecified atom stereocenters. The van der Waals surface area contributed by atoms with Crippen molar-refractivity contribution in [2.75, 3.05) is 0 Å². The molecule has 0 radical (unpaired) electrons. The molecule has 0 spiro atoms. The lowest BCUT2D eigenvalue weighted by atomic mass is 10.1. The third-order valence-corrected chi connectivity index (χ3v) is 1.82. The second kappa shape index (κ2) is 2.60. The second-order valence-electron chi connectivity index (χ2n) is 3.93. The summed E-state index contributed by atoms with van der Waals surface area (Å²) in [5, 5.41) is 11.9. The van der Waals surface area contributed by atoms with Gasteiger partial charge in [0, 0.05) is 5.54 Å². The first-order valence-corrected chi connectivity index (χ1v) is 3.87. The van der Waals surface area contributed by atoms with E-state index in [1.807, 2.05) is 20.8 Å². The average Bonchev–Trinajstić information content (AvgIpc) is 2.05. The summed E-state index contributed by atoms with van der Waals surface area (Å²) in [7, 11) is 0. The molecule has 0 saturated carbocycles. The standard InChI is InChI=1S/C7H15N3O2/c1-7(2,3)10-5(11)4(8)9-6(10)12/h4-5,11H,8H2,1-3H3,(H,9,12). The fourth-order valence-electron chi connectivity index (χ4n) is 1.27. The van der Waals surface area contributed by atoms with Crippen molar-refractivity contribution >= 4 is 6.03 Å². The highest BCUT2D eigenvalue weighted by Gasteiger charge is 2.41. The Morgan fingerprint density at radius 2 is 2.08 bits per heavy atom. The highest BCUT2D eigenvalue weighted by atomic mass is 16.3. The maximum absolute atomic E-state index is 11.2. The Hall–Kier alpha value is -0.810. The monoisotopic (exact) mass is 173 g/mol. The quantitative estimate of drug-likeness (QED) is 0.458. The van der Waals surface area contributed by atoms with Crippen molar-refractivity contribution in [1.29, 1.82) is 0 Å². The van der Waals surface area contributed by atoms with Crippen LogP contribution in [0.1, 0.15) is 20.8 Å². The summed E-state index contributed by atoms with van der Waals surface area (Å²) in [5.74, 6) is 0. The van der Waals surface area contributed by atoms with E-state index in [4.69, 9.17) is 5.73 Å². The molecule has 1 aliphatic rings. The number of aliphatic hydroxyl groups is 1. The molecule has 5 heteroatoms. The molecule has 4 N–H and O–H groups in total. The summed E-state index contributed by atoms with van der Waals surface area (Å²) in [6, 6.07) is -0.317. The maximum Gasteiger partial charge on any atom is 0.321 e. The minimum absolute atomic E-state index is 0.317. The minimum atomic E-state index is -0.933. The van der Waals surface area contributed by atoms with E-state index in [-0.39, 0.29) is 6.03 Å². The normalized spacial score (nSPS) is 30.8. The zero-order valence-corrected chi connectivity index (χ0v) is 7.53. The van der Waals surface area contributed by atoms with Crippen molar-refractivity contribution in [2.24, 2.45) is 5.73 Å². The number of hydrogen-bond acceptors (Lipinski definition) is 3. The second-order valence-corrected chi connectivity index (χ2v) is 3.93. The van der Waals surface area contributed by atoms with E-state index in [9.17, 15) is 9.90 Å². The molecule has 0 aromatic carbocycles. The Morgan fingerprint density at radius 3 is 2.25 bits per heavy atom. The smallest absolute Gasteiger partial charge is 0.321 e. The van der Waals surface area contributed by atoms with Gasteiger partial charge in [-0.1, -0.05) is 0 Å². The minimum Gasteiger partial charge on any atom is -0.370 e. The fourth-order valence-corrected chi connectivity index (χ4v) is 1.27. The number of aliphatic hydroxyl groups excluding tert-OH is 1. The molecule has 70 valence electrons. The van der Waals surface area contributed by atoms with Crippen molar-refractivity contribution in [3.8, 4) is 0 Å². The maximum atomic E-state index is 11.2. The molecule has 0 aliphatic carbocycles. The van der Waals surface area contributed by atoms with E-state index >= 15 is 0 Å². The van der Waals surface area contributed by atoms with Gasteiger partial charge in [0.15, 0.2) is 6.23 Å². The van der Waals surface area contributed by atoms with Gasteiger partial charge in [0.25, 0.3) is 0 Å². The number of nitrogens with one attached hydrogen (secondary N) is 1. The van der Waals surface area contributed by atoms with Crippen molar-refractivity contribution in [3.05, 3.63) is 0 Å². The molecule has 1 saturated heterocycles. The molecule has 2 amide bonds. The molecule has 5 nitrogen and oxygen atoms in total. The van der Waals surface area contributed by atoms with Gasteiger partial charge in [-0.25, -0.2) is 4.79 Å². The van der Waals surface area contributed by atoms with Gasteiger partial charge in [-0.3, -0.25) is 4.90 Å². The number of urea groups is 1. The van der Waals surface area contributed by atoms with Crippen LogP contribution in [0, 0.1) is 0 Å². The van der Waals surface area contributed by atoms with Crippen molar-refractivity contribution in [1.82, 2.24) is 10.2 Å². The van der Waals surface area contributed by atoms with Crippen molar-refractivity contribution in [3.63, 3.8) is 0 Å². The van der Waals surface area contributed by atoms with E-state index in [1.54, 1.807) is 0 Å². The Labute approximate surface area is 71.5 Å². The molecule has 0 bridgehead atoms. The molecule has 1 aliphatic heterocycles. The number of rotatable bonds is 0. The number of nitrogens with two attached hydrogens (primary N) is 1. The Bertz CT molecular complexity index is 199. The van der Waals surface area contributed by atoms with Crippen molar-refractivity contribution < 1.29 is 9.90 Å². The van der Waals surface area contributed by atoms with Crippen LogP contribution in [0.4, 0.5) is 4.79 Å². The predicted octanol–water partition coefficient (Wildman–Crippen LogP) is -0.587. The van der Waals surface area contributed by atoms with Gasteiger partial charge >= 0.3 is 6.03 Å². The summed E-state index contributed by atoms with van der Waals surface area (Å²) in [4.78, 5) is 12.5. The Kier molecular flexibility index (Phi) is 2.01. The molecule has 12 heavy (non-hydrogen) atoms. The van der Waals surface area contributed by atoms with Crippen LogP contribution in [0.5, 0.6) is 0 Å². The van der Waals surface area contributed by atoms with E-state index < -0.39 is 17.9 Å². The van der Waals surface area contributed by atoms with Gasteiger partial charge in [-0.15, -0.1) is 0 Å². The van der Waals surface area contributed by atoms with Gasteiger partial charge in [0.1, 0.15) is 6.17 Å². The van der Waals surface area contributed by atoms with Crippen LogP contribution in [-0.2, 0) is 0 Å². The van der Waals surface area contributed by atoms with E-state index in [1.165, 1.54) is 4.90 Å². The molecule has 2 atom stereocenters. The topological polar surface area (TPSA) is 78.6 Å². The first kappa shape index (κ1) is 9.28. The zero-order valence-electron chi connectivity index (χ0n) is 7.53.